The molecule has 3 atom stereocenters. The van der Waals surface area contributed by atoms with Crippen molar-refractivity contribution in [2.75, 3.05) is 7.05 Å². The number of likely N-dealkylation sites (N-methyl/N-ethyl adjacent to an activating group) is 1. The number of benzene rings is 2. The predicted molar refractivity (Wildman–Crippen MR) is 114 cm³/mol. The van der Waals surface area contributed by atoms with Crippen molar-refractivity contribution >= 4 is 5.91 Å². The van der Waals surface area contributed by atoms with Gasteiger partial charge in [-0.1, -0.05) is 23.4 Å². The van der Waals surface area contributed by atoms with E-state index in [-0.39, 0.29) is 23.8 Å². The number of carbonyl (C=O) groups is 1. The highest BCUT2D eigenvalue weighted by Gasteiger charge is 2.38. The van der Waals surface area contributed by atoms with Crippen LogP contribution in [0.4, 0.5) is 8.78 Å². The third-order valence-electron chi connectivity index (χ3n) is 5.65. The summed E-state index contributed by atoms with van der Waals surface area (Å²) < 4.78 is 43.5. The first-order chi connectivity index (χ1) is 15.9. The molecule has 174 valence electrons. The first kappa shape index (κ1) is 22.7. The van der Waals surface area contributed by atoms with Crippen molar-refractivity contribution in [1.29, 1.82) is 0 Å². The van der Waals surface area contributed by atoms with Crippen LogP contribution < -0.4 is 9.47 Å². The second-order valence-electron chi connectivity index (χ2n) is 7.92. The van der Waals surface area contributed by atoms with E-state index in [1.807, 2.05) is 0 Å². The number of amides is 1. The van der Waals surface area contributed by atoms with Gasteiger partial charge in [0.15, 0.2) is 23.0 Å². The fraction of sp³-hybridized carbons (Fsp3) is 0.333. The van der Waals surface area contributed by atoms with Gasteiger partial charge < -0.3 is 24.0 Å². The summed E-state index contributed by atoms with van der Waals surface area (Å²) in [6.07, 6.45) is 0.333. The second kappa shape index (κ2) is 9.99. The van der Waals surface area contributed by atoms with E-state index in [0.717, 1.165) is 6.42 Å². The fourth-order valence-corrected chi connectivity index (χ4v) is 3.91. The first-order valence-electron chi connectivity index (χ1n) is 10.6. The molecule has 1 heterocycles. The minimum Gasteiger partial charge on any atom is -0.488 e. The molecule has 0 aliphatic heterocycles. The summed E-state index contributed by atoms with van der Waals surface area (Å²) in [5, 5.41) is 14.6. The number of aromatic nitrogens is 1. The van der Waals surface area contributed by atoms with Crippen LogP contribution in [0.1, 0.15) is 35.5 Å². The van der Waals surface area contributed by atoms with Gasteiger partial charge in [-0.2, -0.15) is 0 Å². The van der Waals surface area contributed by atoms with Crippen LogP contribution >= 0.6 is 0 Å². The Hall–Kier alpha value is -3.46. The van der Waals surface area contributed by atoms with Gasteiger partial charge in [-0.3, -0.25) is 4.79 Å². The highest BCUT2D eigenvalue weighted by molar-refractivity contribution is 5.92. The maximum atomic E-state index is 13.7. The molecule has 1 aliphatic rings. The van der Waals surface area contributed by atoms with E-state index in [1.165, 1.54) is 41.3 Å². The Kier molecular flexibility index (Phi) is 6.88. The molecule has 2 aromatic carbocycles. The molecule has 1 aliphatic carbocycles. The molecular formula is C24H24F2N2O5. The molecule has 0 spiro atoms. The number of carbonyl (C=O) groups excluding carboxylic acids is 1. The molecule has 0 radical (unpaired) electrons. The van der Waals surface area contributed by atoms with Crippen molar-refractivity contribution in [3.8, 4) is 11.5 Å². The minimum atomic E-state index is -0.966. The Bertz CT molecular complexity index is 1110. The topological polar surface area (TPSA) is 85.0 Å². The number of ether oxygens (including phenoxy) is 2. The number of hydrogen-bond acceptors (Lipinski definition) is 6. The molecule has 4 rings (SSSR count). The zero-order chi connectivity index (χ0) is 23.4. The van der Waals surface area contributed by atoms with Crippen LogP contribution in [0.15, 0.2) is 59.1 Å². The van der Waals surface area contributed by atoms with Crippen LogP contribution in [0.3, 0.4) is 0 Å². The molecular weight excluding hydrogens is 434 g/mol. The van der Waals surface area contributed by atoms with Crippen LogP contribution in [0, 0.1) is 11.6 Å². The summed E-state index contributed by atoms with van der Waals surface area (Å²) in [5.74, 6) is -0.729. The molecule has 1 amide bonds. The van der Waals surface area contributed by atoms with Gasteiger partial charge in [0.1, 0.15) is 30.4 Å². The lowest BCUT2D eigenvalue weighted by atomic mass is 9.88. The van der Waals surface area contributed by atoms with Crippen molar-refractivity contribution in [2.24, 2.45) is 0 Å². The number of nitrogens with zero attached hydrogens (tertiary/aromatic N) is 2. The third-order valence-corrected chi connectivity index (χ3v) is 5.65. The van der Waals surface area contributed by atoms with Gasteiger partial charge in [0.2, 0.25) is 0 Å². The fourth-order valence-electron chi connectivity index (χ4n) is 3.91. The number of hydrogen-bond donors (Lipinski definition) is 1. The molecule has 1 N–H and O–H groups in total. The Balaban J connectivity index is 1.38. The monoisotopic (exact) mass is 458 g/mol. The maximum Gasteiger partial charge on any atom is 0.276 e. The molecule has 7 nitrogen and oxygen atoms in total. The van der Waals surface area contributed by atoms with Crippen LogP contribution in [0.25, 0.3) is 0 Å². The van der Waals surface area contributed by atoms with Gasteiger partial charge in [0.25, 0.3) is 5.91 Å². The van der Waals surface area contributed by atoms with Gasteiger partial charge in [-0.05, 0) is 43.5 Å². The lowest BCUT2D eigenvalue weighted by Crippen LogP contribution is -2.53. The molecule has 0 unspecified atom stereocenters. The first-order valence-corrected chi connectivity index (χ1v) is 10.6. The van der Waals surface area contributed by atoms with Crippen molar-refractivity contribution in [2.45, 2.75) is 44.1 Å². The summed E-state index contributed by atoms with van der Waals surface area (Å²) in [6, 6.07) is 12.6. The molecule has 1 aromatic heterocycles. The van der Waals surface area contributed by atoms with Crippen LogP contribution in [0.5, 0.6) is 11.5 Å². The van der Waals surface area contributed by atoms with Crippen LogP contribution in [-0.2, 0) is 6.61 Å². The van der Waals surface area contributed by atoms with Crippen LogP contribution in [-0.4, -0.2) is 46.4 Å². The van der Waals surface area contributed by atoms with Gasteiger partial charge in [0, 0.05) is 19.2 Å². The Morgan fingerprint density at radius 1 is 1.18 bits per heavy atom. The maximum absolute atomic E-state index is 13.7. The van der Waals surface area contributed by atoms with Gasteiger partial charge in [0.05, 0.1) is 6.04 Å². The lowest BCUT2D eigenvalue weighted by Gasteiger charge is -2.39. The highest BCUT2D eigenvalue weighted by Crippen LogP contribution is 2.28. The normalized spacial score (nSPS) is 20.3. The number of aliphatic hydroxyl groups is 1. The highest BCUT2D eigenvalue weighted by atomic mass is 19.1. The number of aliphatic hydroxyl groups excluding tert-OH is 1. The SMILES string of the molecule is CN(C(=O)c1cc(COc2ccccc2F)on1)[C@@H]1CCC[C@@H](Oc2cccc(F)c2)[C@@H]1O. The summed E-state index contributed by atoms with van der Waals surface area (Å²) in [6.45, 7) is -0.0967. The van der Waals surface area contributed by atoms with Crippen LogP contribution in [0.2, 0.25) is 0 Å². The summed E-state index contributed by atoms with van der Waals surface area (Å²) in [5.41, 5.74) is 0.0463. The van der Waals surface area contributed by atoms with Crippen molar-refractivity contribution < 1.29 is 32.7 Å². The molecule has 1 fully saturated rings. The van der Waals surface area contributed by atoms with Gasteiger partial charge in [-0.15, -0.1) is 0 Å². The standard InChI is InChI=1S/C24H24F2N2O5/c1-28(20-9-5-11-22(23(20)29)32-16-7-4-6-15(25)12-16)24(30)19-13-17(33-27-19)14-31-21-10-3-2-8-18(21)26/h2-4,6-8,10,12-13,20,22-23,29H,5,9,11,14H2,1H3/t20-,22-,23-/m1/s1. The molecule has 9 heteroatoms. The summed E-state index contributed by atoms with van der Waals surface area (Å²) in [4.78, 5) is 14.3. The average molecular weight is 458 g/mol. The van der Waals surface area contributed by atoms with E-state index in [1.54, 1.807) is 25.2 Å². The quantitative estimate of drug-likeness (QED) is 0.577. The molecule has 0 bridgehead atoms. The van der Waals surface area contributed by atoms with E-state index in [0.29, 0.717) is 18.6 Å². The van der Waals surface area contributed by atoms with Gasteiger partial charge in [-0.25, -0.2) is 8.78 Å². The average Bonchev–Trinajstić information content (AvgIpc) is 3.28. The van der Waals surface area contributed by atoms with Crippen molar-refractivity contribution in [3.63, 3.8) is 0 Å². The van der Waals surface area contributed by atoms with E-state index < -0.39 is 35.8 Å². The minimum absolute atomic E-state index is 0.0463. The largest absolute Gasteiger partial charge is 0.488 e. The smallest absolute Gasteiger partial charge is 0.276 e. The van der Waals surface area contributed by atoms with E-state index in [2.05, 4.69) is 5.16 Å². The molecule has 3 aromatic rings. The third kappa shape index (κ3) is 5.31. The molecule has 33 heavy (non-hydrogen) atoms. The van der Waals surface area contributed by atoms with Gasteiger partial charge >= 0.3 is 0 Å². The Morgan fingerprint density at radius 2 is 2.00 bits per heavy atom. The number of rotatable bonds is 7. The lowest BCUT2D eigenvalue weighted by molar-refractivity contribution is -0.0415. The van der Waals surface area contributed by atoms with Crippen molar-refractivity contribution in [3.05, 3.63) is 77.7 Å². The summed E-state index contributed by atoms with van der Waals surface area (Å²) >= 11 is 0. The van der Waals surface area contributed by atoms with Crippen molar-refractivity contribution in [1.82, 2.24) is 10.1 Å². The zero-order valence-electron chi connectivity index (χ0n) is 18.0. The van der Waals surface area contributed by atoms with E-state index in [9.17, 15) is 18.7 Å². The van der Waals surface area contributed by atoms with E-state index >= 15 is 0 Å². The Morgan fingerprint density at radius 3 is 2.79 bits per heavy atom. The number of halogens is 2. The number of para-hydroxylation sites is 1. The predicted octanol–water partition coefficient (Wildman–Crippen LogP) is 3.96. The zero-order valence-corrected chi connectivity index (χ0v) is 18.0. The Labute approximate surface area is 189 Å². The molecule has 0 saturated heterocycles. The molecule has 1 saturated carbocycles. The van der Waals surface area contributed by atoms with E-state index in [4.69, 9.17) is 14.0 Å². The summed E-state index contributed by atoms with van der Waals surface area (Å²) in [7, 11) is 1.57. The second-order valence-corrected chi connectivity index (χ2v) is 7.92.